The molecule has 0 aliphatic rings. The van der Waals surface area contributed by atoms with E-state index >= 15 is 0 Å². The van der Waals surface area contributed by atoms with Crippen LogP contribution in [0.5, 0.6) is 0 Å². The van der Waals surface area contributed by atoms with Gasteiger partial charge < -0.3 is 0 Å². The van der Waals surface area contributed by atoms with Crippen molar-refractivity contribution in [1.82, 2.24) is 0 Å². The smallest absolute Gasteiger partial charge is 0.266 e. The fraction of sp³-hybridized carbons (Fsp3) is 0.385. The van der Waals surface area contributed by atoms with E-state index in [1.165, 1.54) is 6.08 Å². The lowest BCUT2D eigenvalue weighted by molar-refractivity contribution is 0.206. The highest BCUT2D eigenvalue weighted by Gasteiger charge is 2.15. The SMILES string of the molecule is CC(C)(C)COS(=O)(=O)C=Cc1ccccc1. The van der Waals surface area contributed by atoms with Gasteiger partial charge in [0, 0.05) is 0 Å². The van der Waals surface area contributed by atoms with Gasteiger partial charge >= 0.3 is 0 Å². The first kappa shape index (κ1) is 13.9. The number of rotatable bonds is 4. The fourth-order valence-electron chi connectivity index (χ4n) is 1.02. The van der Waals surface area contributed by atoms with Crippen LogP contribution in [-0.2, 0) is 14.3 Å². The molecule has 17 heavy (non-hydrogen) atoms. The van der Waals surface area contributed by atoms with E-state index in [1.807, 2.05) is 51.1 Å². The molecule has 0 spiro atoms. The molecule has 94 valence electrons. The van der Waals surface area contributed by atoms with Gasteiger partial charge in [0.05, 0.1) is 12.0 Å². The van der Waals surface area contributed by atoms with Crippen LogP contribution in [0.15, 0.2) is 35.7 Å². The van der Waals surface area contributed by atoms with Crippen molar-refractivity contribution in [3.05, 3.63) is 41.3 Å². The van der Waals surface area contributed by atoms with Crippen LogP contribution >= 0.6 is 0 Å². The molecule has 0 radical (unpaired) electrons. The third kappa shape index (κ3) is 6.24. The fourth-order valence-corrected chi connectivity index (χ4v) is 1.94. The molecule has 0 saturated carbocycles. The van der Waals surface area contributed by atoms with Crippen molar-refractivity contribution in [3.63, 3.8) is 0 Å². The quantitative estimate of drug-likeness (QED) is 0.776. The molecule has 0 atom stereocenters. The maximum Gasteiger partial charge on any atom is 0.290 e. The summed E-state index contributed by atoms with van der Waals surface area (Å²) in [5.41, 5.74) is 0.656. The lowest BCUT2D eigenvalue weighted by atomic mass is 9.99. The first-order valence-corrected chi connectivity index (χ1v) is 6.88. The molecule has 3 nitrogen and oxygen atoms in total. The van der Waals surface area contributed by atoms with Crippen molar-refractivity contribution >= 4 is 16.2 Å². The monoisotopic (exact) mass is 254 g/mol. The van der Waals surface area contributed by atoms with Gasteiger partial charge in [0.1, 0.15) is 0 Å². The molecule has 0 saturated heterocycles. The second-order valence-corrected chi connectivity index (χ2v) is 6.52. The highest BCUT2D eigenvalue weighted by Crippen LogP contribution is 2.15. The van der Waals surface area contributed by atoms with E-state index in [1.54, 1.807) is 0 Å². The van der Waals surface area contributed by atoms with Gasteiger partial charge in [0.15, 0.2) is 0 Å². The lowest BCUT2D eigenvalue weighted by Gasteiger charge is -2.16. The largest absolute Gasteiger partial charge is 0.290 e. The summed E-state index contributed by atoms with van der Waals surface area (Å²) in [6.07, 6.45) is 1.53. The number of hydrogen-bond donors (Lipinski definition) is 0. The van der Waals surface area contributed by atoms with Crippen molar-refractivity contribution in [3.8, 4) is 0 Å². The Morgan fingerprint density at radius 2 is 1.76 bits per heavy atom. The highest BCUT2D eigenvalue weighted by molar-refractivity contribution is 7.89. The third-order valence-electron chi connectivity index (χ3n) is 1.88. The predicted molar refractivity (Wildman–Crippen MR) is 69.8 cm³/mol. The molecule has 4 heteroatoms. The van der Waals surface area contributed by atoms with Crippen LogP contribution in [-0.4, -0.2) is 15.0 Å². The first-order chi connectivity index (χ1) is 7.79. The molecular formula is C13H18O3S. The second kappa shape index (κ2) is 5.47. The second-order valence-electron chi connectivity index (χ2n) is 5.03. The van der Waals surface area contributed by atoms with E-state index in [-0.39, 0.29) is 12.0 Å². The maximum absolute atomic E-state index is 11.5. The Bertz CT molecular complexity index is 467. The van der Waals surface area contributed by atoms with Gasteiger partial charge in [-0.15, -0.1) is 0 Å². The zero-order valence-electron chi connectivity index (χ0n) is 10.4. The maximum atomic E-state index is 11.5. The van der Waals surface area contributed by atoms with E-state index in [0.717, 1.165) is 11.0 Å². The summed E-state index contributed by atoms with van der Waals surface area (Å²) in [6.45, 7) is 5.94. The van der Waals surface area contributed by atoms with Crippen LogP contribution in [0, 0.1) is 5.41 Å². The van der Waals surface area contributed by atoms with Gasteiger partial charge in [-0.3, -0.25) is 4.18 Å². The topological polar surface area (TPSA) is 43.4 Å². The molecule has 0 amide bonds. The van der Waals surface area contributed by atoms with E-state index in [0.29, 0.717) is 0 Å². The number of benzene rings is 1. The van der Waals surface area contributed by atoms with E-state index in [2.05, 4.69) is 0 Å². The average Bonchev–Trinajstić information content (AvgIpc) is 2.25. The Morgan fingerprint density at radius 1 is 1.18 bits per heavy atom. The normalized spacial score (nSPS) is 13.1. The summed E-state index contributed by atoms with van der Waals surface area (Å²) in [7, 11) is -3.59. The van der Waals surface area contributed by atoms with Crippen LogP contribution < -0.4 is 0 Å². The third-order valence-corrected chi connectivity index (χ3v) is 2.80. The van der Waals surface area contributed by atoms with Crippen LogP contribution in [0.2, 0.25) is 0 Å². The molecule has 0 aromatic heterocycles. The van der Waals surface area contributed by atoms with Crippen molar-refractivity contribution in [2.45, 2.75) is 20.8 Å². The van der Waals surface area contributed by atoms with Gasteiger partial charge in [-0.25, -0.2) is 0 Å². The Balaban J connectivity index is 2.65. The molecule has 0 heterocycles. The summed E-state index contributed by atoms with van der Waals surface area (Å²) in [5.74, 6) is 0. The summed E-state index contributed by atoms with van der Waals surface area (Å²) in [6, 6.07) is 9.23. The summed E-state index contributed by atoms with van der Waals surface area (Å²) < 4.78 is 28.0. The Kier molecular flexibility index (Phi) is 4.48. The summed E-state index contributed by atoms with van der Waals surface area (Å²) >= 11 is 0. The standard InChI is InChI=1S/C13H18O3S/c1-13(2,3)11-16-17(14,15)10-9-12-7-5-4-6-8-12/h4-10H,11H2,1-3H3. The van der Waals surface area contributed by atoms with Crippen LogP contribution in [0.1, 0.15) is 26.3 Å². The predicted octanol–water partition coefficient (Wildman–Crippen LogP) is 3.05. The van der Waals surface area contributed by atoms with E-state index in [9.17, 15) is 8.42 Å². The summed E-state index contributed by atoms with van der Waals surface area (Å²) in [5, 5.41) is 1.09. The van der Waals surface area contributed by atoms with Gasteiger partial charge in [0.2, 0.25) is 0 Å². The number of hydrogen-bond acceptors (Lipinski definition) is 3. The van der Waals surface area contributed by atoms with Gasteiger partial charge in [0.25, 0.3) is 10.1 Å². The Labute approximate surface area is 103 Å². The molecule has 1 aromatic rings. The average molecular weight is 254 g/mol. The van der Waals surface area contributed by atoms with Crippen molar-refractivity contribution in [1.29, 1.82) is 0 Å². The first-order valence-electron chi connectivity index (χ1n) is 5.41. The van der Waals surface area contributed by atoms with Crippen molar-refractivity contribution in [2.75, 3.05) is 6.61 Å². The molecule has 1 aromatic carbocycles. The van der Waals surface area contributed by atoms with Crippen LogP contribution in [0.25, 0.3) is 6.08 Å². The minimum atomic E-state index is -3.59. The molecule has 1 rings (SSSR count). The molecule has 0 aliphatic heterocycles. The van der Waals surface area contributed by atoms with Gasteiger partial charge in [-0.05, 0) is 17.1 Å². The Morgan fingerprint density at radius 3 is 2.29 bits per heavy atom. The van der Waals surface area contributed by atoms with Crippen LogP contribution in [0.4, 0.5) is 0 Å². The molecular weight excluding hydrogens is 236 g/mol. The molecule has 0 fully saturated rings. The molecule has 0 unspecified atom stereocenters. The molecule has 0 N–H and O–H groups in total. The molecule has 0 bridgehead atoms. The van der Waals surface area contributed by atoms with E-state index in [4.69, 9.17) is 4.18 Å². The van der Waals surface area contributed by atoms with Crippen LogP contribution in [0.3, 0.4) is 0 Å². The van der Waals surface area contributed by atoms with E-state index < -0.39 is 10.1 Å². The minimum Gasteiger partial charge on any atom is -0.266 e. The zero-order valence-corrected chi connectivity index (χ0v) is 11.2. The summed E-state index contributed by atoms with van der Waals surface area (Å²) in [4.78, 5) is 0. The molecule has 0 aliphatic carbocycles. The zero-order chi connectivity index (χ0) is 12.9. The minimum absolute atomic E-state index is 0.173. The Hall–Kier alpha value is -1.13. The van der Waals surface area contributed by atoms with Crippen molar-refractivity contribution < 1.29 is 12.6 Å². The van der Waals surface area contributed by atoms with Gasteiger partial charge in [-0.1, -0.05) is 51.1 Å². The highest BCUT2D eigenvalue weighted by atomic mass is 32.2. The lowest BCUT2D eigenvalue weighted by Crippen LogP contribution is -2.17. The van der Waals surface area contributed by atoms with Gasteiger partial charge in [-0.2, -0.15) is 8.42 Å². The van der Waals surface area contributed by atoms with Crippen molar-refractivity contribution in [2.24, 2.45) is 5.41 Å².